The van der Waals surface area contributed by atoms with Gasteiger partial charge in [-0.2, -0.15) is 0 Å². The molecular formula is C12H17ClO2S. The topological polar surface area (TPSA) is 40.5 Å². The predicted octanol–water partition coefficient (Wildman–Crippen LogP) is 3.11. The summed E-state index contributed by atoms with van der Waals surface area (Å²) in [7, 11) is 0. The van der Waals surface area contributed by atoms with Crippen molar-refractivity contribution >= 4 is 23.4 Å². The van der Waals surface area contributed by atoms with Crippen LogP contribution in [0.25, 0.3) is 0 Å². The van der Waals surface area contributed by atoms with Crippen LogP contribution in [0, 0.1) is 5.92 Å². The molecule has 90 valence electrons. The van der Waals surface area contributed by atoms with E-state index < -0.39 is 6.10 Å². The Morgan fingerprint density at radius 3 is 2.56 bits per heavy atom. The van der Waals surface area contributed by atoms with Crippen molar-refractivity contribution in [1.29, 1.82) is 0 Å². The Bertz CT molecular complexity index is 342. The highest BCUT2D eigenvalue weighted by atomic mass is 35.5. The van der Waals surface area contributed by atoms with Gasteiger partial charge in [0, 0.05) is 17.3 Å². The minimum atomic E-state index is -0.493. The normalized spacial score (nSPS) is 14.8. The van der Waals surface area contributed by atoms with Gasteiger partial charge in [0.05, 0.1) is 11.1 Å². The van der Waals surface area contributed by atoms with Crippen molar-refractivity contribution in [3.63, 3.8) is 0 Å². The molecule has 0 heterocycles. The van der Waals surface area contributed by atoms with Crippen LogP contribution >= 0.6 is 23.4 Å². The first-order chi connectivity index (χ1) is 7.54. The lowest BCUT2D eigenvalue weighted by atomic mass is 10.1. The third-order valence-electron chi connectivity index (χ3n) is 2.27. The maximum Gasteiger partial charge on any atom is 0.0762 e. The predicted molar refractivity (Wildman–Crippen MR) is 69.1 cm³/mol. The zero-order chi connectivity index (χ0) is 12.1. The third kappa shape index (κ3) is 3.98. The summed E-state index contributed by atoms with van der Waals surface area (Å²) in [6, 6.07) is 5.58. The van der Waals surface area contributed by atoms with Crippen LogP contribution in [0.5, 0.6) is 0 Å². The van der Waals surface area contributed by atoms with Gasteiger partial charge in [-0.05, 0) is 30.5 Å². The van der Waals surface area contributed by atoms with Crippen LogP contribution in [0.1, 0.15) is 25.5 Å². The highest BCUT2D eigenvalue weighted by Gasteiger charge is 2.07. The van der Waals surface area contributed by atoms with Gasteiger partial charge in [0.1, 0.15) is 0 Å². The summed E-state index contributed by atoms with van der Waals surface area (Å²) in [6.45, 7) is 3.90. The Balaban J connectivity index is 2.68. The second-order valence-electron chi connectivity index (χ2n) is 3.96. The number of hydrogen-bond acceptors (Lipinski definition) is 3. The van der Waals surface area contributed by atoms with Crippen molar-refractivity contribution in [2.75, 3.05) is 12.4 Å². The highest BCUT2D eigenvalue weighted by molar-refractivity contribution is 7.99. The standard InChI is InChI=1S/C12H17ClO2S/c1-8(6-14)7-16-12-4-3-10(9(2)15)5-11(12)13/h3-5,8-9,14-15H,6-7H2,1-2H3. The van der Waals surface area contributed by atoms with E-state index in [1.807, 2.05) is 19.1 Å². The lowest BCUT2D eigenvalue weighted by Gasteiger charge is -2.10. The first-order valence-corrected chi connectivity index (χ1v) is 6.62. The number of aliphatic hydroxyl groups is 2. The average Bonchev–Trinajstić information content (AvgIpc) is 2.26. The minimum absolute atomic E-state index is 0.191. The number of hydrogen-bond donors (Lipinski definition) is 2. The molecule has 0 radical (unpaired) electrons. The van der Waals surface area contributed by atoms with E-state index in [-0.39, 0.29) is 12.5 Å². The SMILES string of the molecule is CC(CO)CSc1ccc(C(C)O)cc1Cl. The van der Waals surface area contributed by atoms with Gasteiger partial charge >= 0.3 is 0 Å². The quantitative estimate of drug-likeness (QED) is 0.800. The summed E-state index contributed by atoms with van der Waals surface area (Å²) in [6.07, 6.45) is -0.493. The number of rotatable bonds is 5. The molecule has 1 rings (SSSR count). The van der Waals surface area contributed by atoms with E-state index in [0.717, 1.165) is 16.2 Å². The Kier molecular flexibility index (Phi) is 5.62. The first kappa shape index (κ1) is 13.8. The molecule has 1 aromatic rings. The van der Waals surface area contributed by atoms with Gasteiger partial charge in [-0.1, -0.05) is 24.6 Å². The van der Waals surface area contributed by atoms with Crippen LogP contribution in [0.15, 0.2) is 23.1 Å². The molecule has 0 aliphatic rings. The number of aliphatic hydroxyl groups excluding tert-OH is 2. The maximum absolute atomic E-state index is 9.40. The van der Waals surface area contributed by atoms with Crippen molar-refractivity contribution in [3.8, 4) is 0 Å². The van der Waals surface area contributed by atoms with Gasteiger partial charge in [0.2, 0.25) is 0 Å². The molecule has 4 heteroatoms. The molecule has 0 aliphatic heterocycles. The lowest BCUT2D eigenvalue weighted by molar-refractivity contribution is 0.199. The van der Waals surface area contributed by atoms with Gasteiger partial charge in [-0.25, -0.2) is 0 Å². The molecule has 2 N–H and O–H groups in total. The Labute approximate surface area is 106 Å². The summed E-state index contributed by atoms with van der Waals surface area (Å²) in [5.74, 6) is 1.10. The summed E-state index contributed by atoms with van der Waals surface area (Å²) in [5, 5.41) is 19.0. The number of halogens is 1. The lowest BCUT2D eigenvalue weighted by Crippen LogP contribution is -2.03. The fourth-order valence-corrected chi connectivity index (χ4v) is 2.46. The van der Waals surface area contributed by atoms with E-state index in [0.29, 0.717) is 5.02 Å². The highest BCUT2D eigenvalue weighted by Crippen LogP contribution is 2.30. The van der Waals surface area contributed by atoms with Gasteiger partial charge in [-0.3, -0.25) is 0 Å². The molecule has 0 fully saturated rings. The molecule has 2 unspecified atom stereocenters. The molecule has 0 aromatic heterocycles. The molecule has 0 saturated heterocycles. The molecule has 0 bridgehead atoms. The third-order valence-corrected chi connectivity index (χ3v) is 4.10. The molecule has 0 saturated carbocycles. The molecule has 2 atom stereocenters. The second-order valence-corrected chi connectivity index (χ2v) is 5.43. The Morgan fingerprint density at radius 1 is 1.38 bits per heavy atom. The molecule has 1 aromatic carbocycles. The second kappa shape index (κ2) is 6.50. The fraction of sp³-hybridized carbons (Fsp3) is 0.500. The molecule has 16 heavy (non-hydrogen) atoms. The van der Waals surface area contributed by atoms with Crippen molar-refractivity contribution in [1.82, 2.24) is 0 Å². The van der Waals surface area contributed by atoms with Crippen molar-refractivity contribution in [3.05, 3.63) is 28.8 Å². The van der Waals surface area contributed by atoms with Crippen LogP contribution in [0.4, 0.5) is 0 Å². The van der Waals surface area contributed by atoms with Crippen LogP contribution in [-0.4, -0.2) is 22.6 Å². The average molecular weight is 261 g/mol. The zero-order valence-corrected chi connectivity index (χ0v) is 11.1. The van der Waals surface area contributed by atoms with Crippen LogP contribution < -0.4 is 0 Å². The van der Waals surface area contributed by atoms with E-state index >= 15 is 0 Å². The first-order valence-electron chi connectivity index (χ1n) is 5.25. The molecule has 2 nitrogen and oxygen atoms in total. The zero-order valence-electron chi connectivity index (χ0n) is 9.48. The van der Waals surface area contributed by atoms with Crippen LogP contribution in [0.2, 0.25) is 5.02 Å². The van der Waals surface area contributed by atoms with E-state index in [9.17, 15) is 5.11 Å². The molecule has 0 aliphatic carbocycles. The van der Waals surface area contributed by atoms with Gasteiger partial charge < -0.3 is 10.2 Å². The largest absolute Gasteiger partial charge is 0.396 e. The molecule has 0 spiro atoms. The Morgan fingerprint density at radius 2 is 2.06 bits per heavy atom. The Hall–Kier alpha value is -0.220. The summed E-state index contributed by atoms with van der Waals surface area (Å²) in [5.41, 5.74) is 0.824. The van der Waals surface area contributed by atoms with Gasteiger partial charge in [0.15, 0.2) is 0 Å². The van der Waals surface area contributed by atoms with Crippen LogP contribution in [-0.2, 0) is 0 Å². The van der Waals surface area contributed by atoms with Crippen molar-refractivity contribution in [2.24, 2.45) is 5.92 Å². The minimum Gasteiger partial charge on any atom is -0.396 e. The summed E-state index contributed by atoms with van der Waals surface area (Å²) >= 11 is 7.73. The van der Waals surface area contributed by atoms with Crippen molar-refractivity contribution < 1.29 is 10.2 Å². The van der Waals surface area contributed by atoms with E-state index in [4.69, 9.17) is 16.7 Å². The smallest absolute Gasteiger partial charge is 0.0762 e. The fourth-order valence-electron chi connectivity index (χ4n) is 1.18. The summed E-state index contributed by atoms with van der Waals surface area (Å²) < 4.78 is 0. The maximum atomic E-state index is 9.40. The van der Waals surface area contributed by atoms with Gasteiger partial charge in [-0.15, -0.1) is 11.8 Å². The summed E-state index contributed by atoms with van der Waals surface area (Å²) in [4.78, 5) is 0.992. The molecular weight excluding hydrogens is 244 g/mol. The van der Waals surface area contributed by atoms with Crippen molar-refractivity contribution in [2.45, 2.75) is 24.8 Å². The van der Waals surface area contributed by atoms with E-state index in [1.165, 1.54) is 0 Å². The number of benzene rings is 1. The van der Waals surface area contributed by atoms with E-state index in [1.54, 1.807) is 24.8 Å². The monoisotopic (exact) mass is 260 g/mol. The van der Waals surface area contributed by atoms with Gasteiger partial charge in [0.25, 0.3) is 0 Å². The molecule has 0 amide bonds. The number of thioether (sulfide) groups is 1. The van der Waals surface area contributed by atoms with Crippen LogP contribution in [0.3, 0.4) is 0 Å². The van der Waals surface area contributed by atoms with E-state index in [2.05, 4.69) is 0 Å².